The highest BCUT2D eigenvalue weighted by molar-refractivity contribution is 6.03. The molecule has 0 bridgehead atoms. The highest BCUT2D eigenvalue weighted by atomic mass is 16.4. The minimum Gasteiger partial charge on any atom is -0.481 e. The van der Waals surface area contributed by atoms with E-state index in [1.807, 2.05) is 0 Å². The van der Waals surface area contributed by atoms with E-state index in [-0.39, 0.29) is 23.5 Å². The Kier molecular flexibility index (Phi) is 3.54. The number of ketones is 1. The highest BCUT2D eigenvalue weighted by Gasteiger charge is 2.40. The van der Waals surface area contributed by atoms with E-state index in [1.54, 1.807) is 18.7 Å². The number of furan rings is 1. The molecule has 2 unspecified atom stereocenters. The summed E-state index contributed by atoms with van der Waals surface area (Å²) in [5.41, 5.74) is 1.15. The van der Waals surface area contributed by atoms with Gasteiger partial charge >= 0.3 is 5.97 Å². The fourth-order valence-electron chi connectivity index (χ4n) is 3.54. The molecule has 118 valence electrons. The van der Waals surface area contributed by atoms with Gasteiger partial charge in [0.15, 0.2) is 11.5 Å². The van der Waals surface area contributed by atoms with Crippen LogP contribution in [0, 0.1) is 12.8 Å². The van der Waals surface area contributed by atoms with E-state index in [1.165, 1.54) is 0 Å². The molecule has 1 aliphatic heterocycles. The fraction of sp³-hybridized carbons (Fsp3) is 0.562. The van der Waals surface area contributed by atoms with Crippen molar-refractivity contribution in [2.75, 3.05) is 6.54 Å². The number of likely N-dealkylation sites (tertiary alicyclic amines) is 1. The molecule has 6 nitrogen and oxygen atoms in total. The summed E-state index contributed by atoms with van der Waals surface area (Å²) in [7, 11) is 0. The second-order valence-corrected chi connectivity index (χ2v) is 6.10. The fourth-order valence-corrected chi connectivity index (χ4v) is 3.54. The lowest BCUT2D eigenvalue weighted by Crippen LogP contribution is -2.37. The first-order valence-electron chi connectivity index (χ1n) is 7.61. The SMILES string of the molecule is Cc1c(C(=O)N2CCC(C(=O)O)C2C)oc2c1C(=O)CCC2. The number of carboxylic acid groups (broad SMARTS) is 1. The summed E-state index contributed by atoms with van der Waals surface area (Å²) >= 11 is 0. The first kappa shape index (κ1) is 14.8. The molecule has 1 fully saturated rings. The van der Waals surface area contributed by atoms with Gasteiger partial charge in [0, 0.05) is 31.0 Å². The van der Waals surface area contributed by atoms with E-state index in [0.29, 0.717) is 42.7 Å². The van der Waals surface area contributed by atoms with Gasteiger partial charge in [0.1, 0.15) is 5.76 Å². The van der Waals surface area contributed by atoms with Crippen molar-refractivity contribution in [3.05, 3.63) is 22.6 Å². The second kappa shape index (κ2) is 5.26. The van der Waals surface area contributed by atoms with E-state index in [9.17, 15) is 14.4 Å². The molecule has 2 heterocycles. The molecular formula is C16H19NO5. The molecule has 0 radical (unpaired) electrons. The Balaban J connectivity index is 1.91. The van der Waals surface area contributed by atoms with Gasteiger partial charge in [0.2, 0.25) is 0 Å². The quantitative estimate of drug-likeness (QED) is 0.903. The number of carbonyl (C=O) groups is 3. The van der Waals surface area contributed by atoms with Gasteiger partial charge in [0.05, 0.1) is 11.5 Å². The smallest absolute Gasteiger partial charge is 0.308 e. The lowest BCUT2D eigenvalue weighted by atomic mass is 9.94. The molecule has 3 rings (SSSR count). The second-order valence-electron chi connectivity index (χ2n) is 6.10. The van der Waals surface area contributed by atoms with Crippen LogP contribution in [0.25, 0.3) is 0 Å². The summed E-state index contributed by atoms with van der Waals surface area (Å²) in [4.78, 5) is 37.4. The molecule has 1 aliphatic carbocycles. The lowest BCUT2D eigenvalue weighted by Gasteiger charge is -2.22. The molecule has 1 N–H and O–H groups in total. The summed E-state index contributed by atoms with van der Waals surface area (Å²) in [6.45, 7) is 3.87. The number of nitrogens with zero attached hydrogens (tertiary/aromatic N) is 1. The maximum Gasteiger partial charge on any atom is 0.308 e. The lowest BCUT2D eigenvalue weighted by molar-refractivity contribution is -0.142. The van der Waals surface area contributed by atoms with Crippen molar-refractivity contribution in [3.63, 3.8) is 0 Å². The number of amides is 1. The van der Waals surface area contributed by atoms with Crippen LogP contribution in [0.15, 0.2) is 4.42 Å². The van der Waals surface area contributed by atoms with Crippen LogP contribution in [0.4, 0.5) is 0 Å². The largest absolute Gasteiger partial charge is 0.481 e. The average molecular weight is 305 g/mol. The number of hydrogen-bond acceptors (Lipinski definition) is 4. The molecule has 1 saturated heterocycles. The van der Waals surface area contributed by atoms with Crippen molar-refractivity contribution in [3.8, 4) is 0 Å². The molecule has 0 spiro atoms. The van der Waals surface area contributed by atoms with Crippen LogP contribution in [0.2, 0.25) is 0 Å². The van der Waals surface area contributed by atoms with Gasteiger partial charge in [-0.3, -0.25) is 14.4 Å². The molecule has 2 atom stereocenters. The third kappa shape index (κ3) is 2.14. The highest BCUT2D eigenvalue weighted by Crippen LogP contribution is 2.32. The zero-order chi connectivity index (χ0) is 16.0. The summed E-state index contributed by atoms with van der Waals surface area (Å²) in [5.74, 6) is -0.920. The molecule has 1 aromatic heterocycles. The Morgan fingerprint density at radius 3 is 2.64 bits per heavy atom. The van der Waals surface area contributed by atoms with E-state index < -0.39 is 11.9 Å². The van der Waals surface area contributed by atoms with Gasteiger partial charge < -0.3 is 14.4 Å². The number of aliphatic carboxylic acids is 1. The maximum absolute atomic E-state index is 12.7. The van der Waals surface area contributed by atoms with Crippen molar-refractivity contribution in [2.45, 2.75) is 45.6 Å². The van der Waals surface area contributed by atoms with E-state index in [0.717, 1.165) is 6.42 Å². The number of aryl methyl sites for hydroxylation is 1. The predicted octanol–water partition coefficient (Wildman–Crippen LogP) is 2.04. The normalized spacial score (nSPS) is 24.5. The number of Topliss-reactive ketones (excluding diaryl/α,β-unsaturated/α-hetero) is 1. The number of fused-ring (bicyclic) bond motifs is 1. The van der Waals surface area contributed by atoms with Gasteiger partial charge in [-0.25, -0.2) is 0 Å². The number of carboxylic acids is 1. The standard InChI is InChI=1S/C16H19NO5/c1-8-13-11(18)4-3-5-12(13)22-14(8)15(19)17-7-6-10(9(17)2)16(20)21/h9-10H,3-7H2,1-2H3,(H,20,21). The average Bonchev–Trinajstić information content (AvgIpc) is 3.00. The third-order valence-electron chi connectivity index (χ3n) is 4.83. The Labute approximate surface area is 128 Å². The topological polar surface area (TPSA) is 87.8 Å². The van der Waals surface area contributed by atoms with Gasteiger partial charge in [-0.15, -0.1) is 0 Å². The predicted molar refractivity (Wildman–Crippen MR) is 77.0 cm³/mol. The monoisotopic (exact) mass is 305 g/mol. The maximum atomic E-state index is 12.7. The molecule has 6 heteroatoms. The number of rotatable bonds is 2. The third-order valence-corrected chi connectivity index (χ3v) is 4.83. The van der Waals surface area contributed by atoms with Gasteiger partial charge in [-0.1, -0.05) is 0 Å². The summed E-state index contributed by atoms with van der Waals surface area (Å²) in [6, 6.07) is -0.373. The molecular weight excluding hydrogens is 286 g/mol. The van der Waals surface area contributed by atoms with Gasteiger partial charge in [-0.05, 0) is 26.7 Å². The Bertz CT molecular complexity index is 660. The number of carbonyl (C=O) groups excluding carboxylic acids is 2. The zero-order valence-electron chi connectivity index (χ0n) is 12.7. The van der Waals surface area contributed by atoms with Crippen LogP contribution >= 0.6 is 0 Å². The Morgan fingerprint density at radius 2 is 2.05 bits per heavy atom. The minimum atomic E-state index is -0.881. The summed E-state index contributed by atoms with van der Waals surface area (Å²) in [5, 5.41) is 9.17. The van der Waals surface area contributed by atoms with Crippen molar-refractivity contribution in [1.82, 2.24) is 4.90 Å². The zero-order valence-corrected chi connectivity index (χ0v) is 12.7. The minimum absolute atomic E-state index is 0.0273. The van der Waals surface area contributed by atoms with Crippen LogP contribution < -0.4 is 0 Å². The van der Waals surface area contributed by atoms with Crippen LogP contribution in [-0.4, -0.2) is 40.3 Å². The van der Waals surface area contributed by atoms with Crippen molar-refractivity contribution < 1.29 is 23.9 Å². The van der Waals surface area contributed by atoms with E-state index in [2.05, 4.69) is 0 Å². The Hall–Kier alpha value is -2.11. The van der Waals surface area contributed by atoms with E-state index in [4.69, 9.17) is 9.52 Å². The first-order valence-corrected chi connectivity index (χ1v) is 7.61. The van der Waals surface area contributed by atoms with Crippen LogP contribution in [-0.2, 0) is 11.2 Å². The van der Waals surface area contributed by atoms with Gasteiger partial charge in [-0.2, -0.15) is 0 Å². The first-order chi connectivity index (χ1) is 10.4. The van der Waals surface area contributed by atoms with Crippen molar-refractivity contribution in [1.29, 1.82) is 0 Å². The summed E-state index contributed by atoms with van der Waals surface area (Å²) in [6.07, 6.45) is 2.35. The molecule has 0 saturated carbocycles. The van der Waals surface area contributed by atoms with Crippen molar-refractivity contribution >= 4 is 17.7 Å². The molecule has 0 aromatic carbocycles. The number of hydrogen-bond donors (Lipinski definition) is 1. The van der Waals surface area contributed by atoms with Crippen molar-refractivity contribution in [2.24, 2.45) is 5.92 Å². The molecule has 2 aliphatic rings. The van der Waals surface area contributed by atoms with Gasteiger partial charge in [0.25, 0.3) is 5.91 Å². The van der Waals surface area contributed by atoms with Crippen LogP contribution in [0.1, 0.15) is 58.4 Å². The molecule has 22 heavy (non-hydrogen) atoms. The van der Waals surface area contributed by atoms with Crippen LogP contribution in [0.3, 0.4) is 0 Å². The van der Waals surface area contributed by atoms with E-state index >= 15 is 0 Å². The Morgan fingerprint density at radius 1 is 1.32 bits per heavy atom. The summed E-state index contributed by atoms with van der Waals surface area (Å²) < 4.78 is 5.67. The van der Waals surface area contributed by atoms with Crippen LogP contribution in [0.5, 0.6) is 0 Å². The molecule has 1 aromatic rings. The molecule has 1 amide bonds.